The van der Waals surface area contributed by atoms with E-state index in [9.17, 15) is 34.2 Å². The number of primary amides is 1. The number of hydrogen-bond donors (Lipinski definition) is 6. The van der Waals surface area contributed by atoms with Crippen molar-refractivity contribution in [2.45, 2.75) is 57.3 Å². The molecule has 9 N–H and O–H groups in total. The second-order valence-electron chi connectivity index (χ2n) is 8.05. The predicted octanol–water partition coefficient (Wildman–Crippen LogP) is -3.42. The fraction of sp³-hybridized carbons (Fsp3) is 0.476. The maximum atomic E-state index is 12.4. The second-order valence-corrected chi connectivity index (χ2v) is 8.05. The van der Waals surface area contributed by atoms with Crippen molar-refractivity contribution < 1.29 is 44.7 Å². The average molecular weight is 479 g/mol. The zero-order chi connectivity index (χ0) is 25.6. The summed E-state index contributed by atoms with van der Waals surface area (Å²) in [5.74, 6) is -3.89. The molecule has 0 saturated heterocycles. The lowest BCUT2D eigenvalue weighted by atomic mass is 10.0. The van der Waals surface area contributed by atoms with Crippen molar-refractivity contribution in [2.24, 2.45) is 5.73 Å². The maximum absolute atomic E-state index is 12.4. The van der Waals surface area contributed by atoms with Crippen molar-refractivity contribution in [2.75, 3.05) is 6.61 Å². The predicted molar refractivity (Wildman–Crippen MR) is 114 cm³/mol. The number of carboxylic acids is 1. The third kappa shape index (κ3) is 6.81. The Balaban J connectivity index is 1.87. The van der Waals surface area contributed by atoms with Crippen molar-refractivity contribution in [3.05, 3.63) is 23.3 Å². The van der Waals surface area contributed by atoms with Crippen molar-refractivity contribution in [1.82, 2.24) is 16.0 Å². The minimum atomic E-state index is -1.58. The van der Waals surface area contributed by atoms with Crippen LogP contribution in [0.2, 0.25) is 0 Å². The Hall–Kier alpha value is -3.87. The van der Waals surface area contributed by atoms with Crippen molar-refractivity contribution in [3.63, 3.8) is 0 Å². The van der Waals surface area contributed by atoms with Gasteiger partial charge in [-0.1, -0.05) is 0 Å². The standard InChI is InChI=1S/C21H29N5O8/c1-9-12-7-11(27)8-15(17(12)20(31)24-9)34-6-5-13(22)19(30)25-10(2)18(29)26-14(21(32)33)3-4-16(23)28/h7-10,13-14,27H,3-6,22H2,1-2H3,(H2,23,28)(H,24,31)(H,25,30)(H,26,29)(H,32,33)/t9-,10+,13-,14+/m1/s1. The number of aromatic hydroxyl groups is 1. The van der Waals surface area contributed by atoms with Crippen LogP contribution in [0.5, 0.6) is 11.5 Å². The summed E-state index contributed by atoms with van der Waals surface area (Å²) in [5, 5.41) is 28.4. The summed E-state index contributed by atoms with van der Waals surface area (Å²) in [6.45, 7) is 3.12. The summed E-state index contributed by atoms with van der Waals surface area (Å²) < 4.78 is 5.62. The molecular formula is C21H29N5O8. The molecule has 186 valence electrons. The third-order valence-electron chi connectivity index (χ3n) is 5.29. The minimum absolute atomic E-state index is 0.000403. The van der Waals surface area contributed by atoms with Gasteiger partial charge < -0.3 is 47.2 Å². The van der Waals surface area contributed by atoms with Crippen LogP contribution in [0.4, 0.5) is 0 Å². The number of hydrogen-bond acceptors (Lipinski definition) is 8. The van der Waals surface area contributed by atoms with Crippen LogP contribution in [-0.2, 0) is 19.2 Å². The lowest BCUT2D eigenvalue weighted by Gasteiger charge is -2.22. The molecule has 34 heavy (non-hydrogen) atoms. The molecule has 0 bridgehead atoms. The highest BCUT2D eigenvalue weighted by atomic mass is 16.5. The van der Waals surface area contributed by atoms with E-state index in [2.05, 4.69) is 21.7 Å². The molecule has 1 heterocycles. The van der Waals surface area contributed by atoms with Crippen molar-refractivity contribution in [3.8, 4) is 11.5 Å². The zero-order valence-corrected chi connectivity index (χ0v) is 18.9. The highest BCUT2D eigenvalue weighted by Gasteiger charge is 2.30. The quantitative estimate of drug-likeness (QED) is 0.176. The Morgan fingerprint density at radius 3 is 2.53 bits per heavy atom. The molecule has 1 aliphatic rings. The molecule has 0 fully saturated rings. The topological polar surface area (TPSA) is 228 Å². The molecule has 0 aromatic heterocycles. The van der Waals surface area contributed by atoms with Crippen LogP contribution in [0.1, 0.15) is 55.1 Å². The van der Waals surface area contributed by atoms with Crippen LogP contribution in [0, 0.1) is 0 Å². The van der Waals surface area contributed by atoms with Gasteiger partial charge >= 0.3 is 0 Å². The van der Waals surface area contributed by atoms with Gasteiger partial charge in [0, 0.05) is 18.9 Å². The monoisotopic (exact) mass is 479 g/mol. The van der Waals surface area contributed by atoms with E-state index in [1.165, 1.54) is 19.1 Å². The Kier molecular flexibility index (Phi) is 8.78. The number of benzene rings is 1. The van der Waals surface area contributed by atoms with Gasteiger partial charge in [-0.2, -0.15) is 0 Å². The summed E-state index contributed by atoms with van der Waals surface area (Å²) in [6.07, 6.45) is -0.374. The summed E-state index contributed by atoms with van der Waals surface area (Å²) in [4.78, 5) is 58.7. The SMILES string of the molecule is C[C@H](NC(=O)[C@H]([NH3+])CCOc1cc(O)cc2c1C(=O)N[C@@H]2C)C(=O)N[C@@H](CCC(N)=O)C(=O)[O-]. The van der Waals surface area contributed by atoms with E-state index in [4.69, 9.17) is 10.5 Å². The Bertz CT molecular complexity index is 982. The molecule has 1 aliphatic heterocycles. The number of nitrogens with one attached hydrogen (secondary N) is 3. The number of quaternary nitrogens is 1. The molecule has 1 aromatic rings. The number of carboxylic acid groups (broad SMARTS) is 1. The number of phenols is 1. The Labute approximate surface area is 195 Å². The van der Waals surface area contributed by atoms with Crippen molar-refractivity contribution >= 4 is 29.6 Å². The summed E-state index contributed by atoms with van der Waals surface area (Å²) in [5.41, 5.74) is 9.64. The number of carbonyl (C=O) groups excluding carboxylic acids is 5. The van der Waals surface area contributed by atoms with Gasteiger partial charge in [0.15, 0.2) is 6.04 Å². The molecule has 4 amide bonds. The average Bonchev–Trinajstić information content (AvgIpc) is 3.03. The van der Waals surface area contributed by atoms with Gasteiger partial charge in [-0.05, 0) is 31.9 Å². The highest BCUT2D eigenvalue weighted by Crippen LogP contribution is 2.36. The van der Waals surface area contributed by atoms with Crippen LogP contribution in [-0.4, -0.2) is 59.4 Å². The van der Waals surface area contributed by atoms with E-state index in [0.717, 1.165) is 0 Å². The van der Waals surface area contributed by atoms with Gasteiger partial charge in [0.2, 0.25) is 11.8 Å². The number of aliphatic carboxylic acids is 1. The fourth-order valence-corrected chi connectivity index (χ4v) is 3.34. The highest BCUT2D eigenvalue weighted by molar-refractivity contribution is 6.02. The van der Waals surface area contributed by atoms with E-state index >= 15 is 0 Å². The van der Waals surface area contributed by atoms with Crippen LogP contribution >= 0.6 is 0 Å². The first-order chi connectivity index (χ1) is 15.9. The third-order valence-corrected chi connectivity index (χ3v) is 5.29. The van der Waals surface area contributed by atoms with E-state index < -0.39 is 41.8 Å². The van der Waals surface area contributed by atoms with Gasteiger partial charge in [-0.3, -0.25) is 19.2 Å². The van der Waals surface area contributed by atoms with Gasteiger partial charge in [0.1, 0.15) is 17.5 Å². The maximum Gasteiger partial charge on any atom is 0.278 e. The van der Waals surface area contributed by atoms with E-state index in [1.807, 2.05) is 0 Å². The molecule has 0 aliphatic carbocycles. The lowest BCUT2D eigenvalue weighted by molar-refractivity contribution is -0.405. The Morgan fingerprint density at radius 1 is 1.24 bits per heavy atom. The van der Waals surface area contributed by atoms with Crippen LogP contribution in [0.3, 0.4) is 0 Å². The lowest BCUT2D eigenvalue weighted by Crippen LogP contribution is -2.69. The normalized spacial score (nSPS) is 17.0. The number of carbonyl (C=O) groups is 5. The van der Waals surface area contributed by atoms with Crippen LogP contribution in [0.25, 0.3) is 0 Å². The van der Waals surface area contributed by atoms with Gasteiger partial charge in [-0.15, -0.1) is 0 Å². The summed E-state index contributed by atoms with van der Waals surface area (Å²) in [7, 11) is 0. The van der Waals surface area contributed by atoms with Crippen molar-refractivity contribution in [1.29, 1.82) is 0 Å². The first-order valence-electron chi connectivity index (χ1n) is 10.6. The smallest absolute Gasteiger partial charge is 0.278 e. The number of fused-ring (bicyclic) bond motifs is 1. The molecule has 4 atom stereocenters. The van der Waals surface area contributed by atoms with Gasteiger partial charge in [0.25, 0.3) is 11.8 Å². The second kappa shape index (κ2) is 11.3. The molecule has 0 radical (unpaired) electrons. The van der Waals surface area contributed by atoms with Crippen LogP contribution < -0.4 is 37.3 Å². The first-order valence-corrected chi connectivity index (χ1v) is 10.6. The largest absolute Gasteiger partial charge is 0.548 e. The zero-order valence-electron chi connectivity index (χ0n) is 18.9. The number of ether oxygens (including phenoxy) is 1. The van der Waals surface area contributed by atoms with Crippen LogP contribution in [0.15, 0.2) is 12.1 Å². The summed E-state index contributed by atoms with van der Waals surface area (Å²) >= 11 is 0. The van der Waals surface area contributed by atoms with Gasteiger partial charge in [-0.25, -0.2) is 0 Å². The first kappa shape index (κ1) is 26.4. The van der Waals surface area contributed by atoms with E-state index in [-0.39, 0.29) is 49.3 Å². The molecule has 13 heteroatoms. The number of rotatable bonds is 12. The molecule has 1 aromatic carbocycles. The Morgan fingerprint density at radius 2 is 1.91 bits per heavy atom. The van der Waals surface area contributed by atoms with E-state index in [0.29, 0.717) is 11.1 Å². The van der Waals surface area contributed by atoms with E-state index in [1.54, 1.807) is 6.92 Å². The van der Waals surface area contributed by atoms with Gasteiger partial charge in [0.05, 0.1) is 30.2 Å². The fourth-order valence-electron chi connectivity index (χ4n) is 3.34. The molecule has 0 saturated carbocycles. The molecule has 2 rings (SSSR count). The molecule has 0 spiro atoms. The number of nitrogens with two attached hydrogens (primary N) is 1. The number of amides is 4. The molecular weight excluding hydrogens is 450 g/mol. The number of phenolic OH excluding ortho intramolecular Hbond substituents is 1. The minimum Gasteiger partial charge on any atom is -0.548 e. The summed E-state index contributed by atoms with van der Waals surface area (Å²) in [6, 6.07) is -0.844. The molecule has 0 unspecified atom stereocenters. The molecule has 13 nitrogen and oxygen atoms in total.